The molecule has 2 rings (SSSR count). The molecular formula is C17H23N2NaO5. The van der Waals surface area contributed by atoms with E-state index in [1.807, 2.05) is 0 Å². The SMILES string of the molecule is CC(O)C(C)(N)C1CC(c2ccc(CO)cc2)=C(C(=O)[O-])N1CO.[Na+]. The molecule has 3 atom stereocenters. The second-order valence-electron chi connectivity index (χ2n) is 6.34. The molecule has 8 heteroatoms. The Morgan fingerprint density at radius 2 is 1.96 bits per heavy atom. The molecule has 0 saturated carbocycles. The Hall–Kier alpha value is -0.930. The minimum atomic E-state index is -1.41. The minimum Gasteiger partial charge on any atom is -0.543 e. The maximum absolute atomic E-state index is 11.7. The second-order valence-corrected chi connectivity index (χ2v) is 6.34. The number of carboxylic acids is 1. The van der Waals surface area contributed by atoms with Gasteiger partial charge in [-0.2, -0.15) is 0 Å². The van der Waals surface area contributed by atoms with Gasteiger partial charge in [0.1, 0.15) is 6.73 Å². The second kappa shape index (κ2) is 8.64. The van der Waals surface area contributed by atoms with E-state index in [0.29, 0.717) is 16.7 Å². The van der Waals surface area contributed by atoms with Crippen molar-refractivity contribution >= 4 is 11.5 Å². The summed E-state index contributed by atoms with van der Waals surface area (Å²) in [5, 5.41) is 40.4. The summed E-state index contributed by atoms with van der Waals surface area (Å²) in [4.78, 5) is 12.9. The number of aliphatic hydroxyl groups is 3. The monoisotopic (exact) mass is 358 g/mol. The molecule has 1 aliphatic rings. The van der Waals surface area contributed by atoms with Crippen LogP contribution in [0.2, 0.25) is 0 Å². The van der Waals surface area contributed by atoms with Gasteiger partial charge in [0.05, 0.1) is 36.0 Å². The average Bonchev–Trinajstić information content (AvgIpc) is 2.95. The summed E-state index contributed by atoms with van der Waals surface area (Å²) in [5.41, 5.74) is 6.78. The zero-order valence-electron chi connectivity index (χ0n) is 14.8. The molecule has 0 aromatic heterocycles. The van der Waals surface area contributed by atoms with Crippen LogP contribution in [0.5, 0.6) is 0 Å². The zero-order valence-corrected chi connectivity index (χ0v) is 16.8. The molecule has 0 saturated heterocycles. The smallest absolute Gasteiger partial charge is 0.543 e. The van der Waals surface area contributed by atoms with Crippen LogP contribution in [-0.4, -0.2) is 50.6 Å². The first-order chi connectivity index (χ1) is 11.2. The van der Waals surface area contributed by atoms with Crippen LogP contribution in [-0.2, 0) is 11.4 Å². The molecule has 25 heavy (non-hydrogen) atoms. The van der Waals surface area contributed by atoms with Crippen molar-refractivity contribution in [1.82, 2.24) is 4.90 Å². The zero-order chi connectivity index (χ0) is 18.1. The molecule has 0 spiro atoms. The predicted molar refractivity (Wildman–Crippen MR) is 85.9 cm³/mol. The van der Waals surface area contributed by atoms with Gasteiger partial charge in [0.25, 0.3) is 0 Å². The van der Waals surface area contributed by atoms with Gasteiger partial charge in [-0.25, -0.2) is 0 Å². The van der Waals surface area contributed by atoms with Crippen molar-refractivity contribution in [2.75, 3.05) is 6.73 Å². The molecule has 0 aliphatic carbocycles. The van der Waals surface area contributed by atoms with E-state index in [4.69, 9.17) is 10.8 Å². The Bertz CT molecular complexity index is 643. The van der Waals surface area contributed by atoms with Crippen LogP contribution < -0.4 is 40.4 Å². The van der Waals surface area contributed by atoms with Gasteiger partial charge in [-0.1, -0.05) is 24.3 Å². The topological polar surface area (TPSA) is 130 Å². The number of carbonyl (C=O) groups excluding carboxylic acids is 1. The standard InChI is InChI=1S/C17H24N2O5.Na/c1-10(22)17(2,18)14-7-13(15(16(23)24)19(14)9-21)12-5-3-11(8-20)4-6-12;/h3-6,10,14,20-22H,7-9,18H2,1-2H3,(H,23,24);/q;+1/p-1. The fourth-order valence-electron chi connectivity index (χ4n) is 3.04. The molecule has 0 fully saturated rings. The summed E-state index contributed by atoms with van der Waals surface area (Å²) in [7, 11) is 0. The first-order valence-electron chi connectivity index (χ1n) is 7.73. The summed E-state index contributed by atoms with van der Waals surface area (Å²) < 4.78 is 0. The molecule has 0 radical (unpaired) electrons. The Kier molecular flexibility index (Phi) is 7.64. The van der Waals surface area contributed by atoms with Gasteiger partial charge in [0, 0.05) is 0 Å². The molecule has 1 aliphatic heterocycles. The number of carboxylic acid groups (broad SMARTS) is 1. The maximum Gasteiger partial charge on any atom is 1.00 e. The number of nitrogens with two attached hydrogens (primary N) is 1. The molecular weight excluding hydrogens is 335 g/mol. The molecule has 7 nitrogen and oxygen atoms in total. The van der Waals surface area contributed by atoms with E-state index in [-0.39, 0.29) is 48.3 Å². The van der Waals surface area contributed by atoms with Crippen molar-refractivity contribution < 1.29 is 54.8 Å². The normalized spacial score (nSPS) is 20.9. The van der Waals surface area contributed by atoms with Gasteiger partial charge in [0.2, 0.25) is 0 Å². The molecule has 5 N–H and O–H groups in total. The third-order valence-corrected chi connectivity index (χ3v) is 4.80. The summed E-state index contributed by atoms with van der Waals surface area (Å²) in [5.74, 6) is -1.41. The van der Waals surface area contributed by atoms with Crippen LogP contribution >= 0.6 is 0 Å². The van der Waals surface area contributed by atoms with Gasteiger partial charge in [-0.05, 0) is 37.0 Å². The van der Waals surface area contributed by atoms with Gasteiger partial charge in [-0.15, -0.1) is 0 Å². The van der Waals surface area contributed by atoms with Crippen LogP contribution in [0.3, 0.4) is 0 Å². The van der Waals surface area contributed by atoms with Crippen LogP contribution in [0, 0.1) is 0 Å². The number of rotatable bonds is 6. The third-order valence-electron chi connectivity index (χ3n) is 4.80. The average molecular weight is 358 g/mol. The van der Waals surface area contributed by atoms with Crippen molar-refractivity contribution in [1.29, 1.82) is 0 Å². The summed E-state index contributed by atoms with van der Waals surface area (Å²) in [6, 6.07) is 6.21. The maximum atomic E-state index is 11.7. The Morgan fingerprint density at radius 3 is 2.36 bits per heavy atom. The molecule has 132 valence electrons. The number of hydrogen-bond donors (Lipinski definition) is 4. The number of benzene rings is 1. The Labute approximate surface area is 169 Å². The molecule has 1 heterocycles. The summed E-state index contributed by atoms with van der Waals surface area (Å²) >= 11 is 0. The minimum absolute atomic E-state index is 0. The largest absolute Gasteiger partial charge is 1.00 e. The van der Waals surface area contributed by atoms with Crippen LogP contribution in [0.15, 0.2) is 30.0 Å². The van der Waals surface area contributed by atoms with Crippen LogP contribution in [0.1, 0.15) is 31.4 Å². The van der Waals surface area contributed by atoms with Crippen molar-refractivity contribution in [3.63, 3.8) is 0 Å². The van der Waals surface area contributed by atoms with Gasteiger partial charge < -0.3 is 35.9 Å². The number of aliphatic hydroxyl groups excluding tert-OH is 3. The van der Waals surface area contributed by atoms with Crippen LogP contribution in [0.25, 0.3) is 5.57 Å². The van der Waals surface area contributed by atoms with Crippen molar-refractivity contribution in [3.05, 3.63) is 41.1 Å². The fourth-order valence-corrected chi connectivity index (χ4v) is 3.04. The van der Waals surface area contributed by atoms with Gasteiger partial charge in [-0.3, -0.25) is 0 Å². The predicted octanol–water partition coefficient (Wildman–Crippen LogP) is -4.23. The van der Waals surface area contributed by atoms with Crippen molar-refractivity contribution in [3.8, 4) is 0 Å². The number of carbonyl (C=O) groups is 1. The molecule has 3 unspecified atom stereocenters. The van der Waals surface area contributed by atoms with E-state index >= 15 is 0 Å². The fraction of sp³-hybridized carbons (Fsp3) is 0.471. The first kappa shape index (κ1) is 22.1. The first-order valence-corrected chi connectivity index (χ1v) is 7.73. The molecule has 0 bridgehead atoms. The van der Waals surface area contributed by atoms with Crippen molar-refractivity contribution in [2.24, 2.45) is 5.73 Å². The molecule has 0 amide bonds. The molecule has 1 aromatic carbocycles. The number of hydrogen-bond acceptors (Lipinski definition) is 7. The molecule has 1 aromatic rings. The van der Waals surface area contributed by atoms with Crippen molar-refractivity contribution in [2.45, 2.75) is 44.6 Å². The summed E-state index contributed by atoms with van der Waals surface area (Å²) in [6.07, 6.45) is -0.657. The van der Waals surface area contributed by atoms with E-state index < -0.39 is 30.4 Å². The number of nitrogens with zero attached hydrogens (tertiary/aromatic N) is 1. The Morgan fingerprint density at radius 1 is 1.40 bits per heavy atom. The third kappa shape index (κ3) is 4.25. The summed E-state index contributed by atoms with van der Waals surface area (Å²) in [6.45, 7) is 2.49. The van der Waals surface area contributed by atoms with Gasteiger partial charge in [0.15, 0.2) is 0 Å². The van der Waals surface area contributed by atoms with E-state index in [1.165, 1.54) is 11.8 Å². The van der Waals surface area contributed by atoms with Gasteiger partial charge >= 0.3 is 29.6 Å². The van der Waals surface area contributed by atoms with E-state index in [2.05, 4.69) is 0 Å². The van der Waals surface area contributed by atoms with E-state index in [1.54, 1.807) is 31.2 Å². The Balaban J connectivity index is 0.00000312. The van der Waals surface area contributed by atoms with E-state index in [9.17, 15) is 20.1 Å². The number of aliphatic carboxylic acids is 1. The van der Waals surface area contributed by atoms with Crippen LogP contribution in [0.4, 0.5) is 0 Å². The van der Waals surface area contributed by atoms with E-state index in [0.717, 1.165) is 0 Å². The quantitative estimate of drug-likeness (QED) is 0.379.